The summed E-state index contributed by atoms with van der Waals surface area (Å²) in [5, 5.41) is 4.15. The van der Waals surface area contributed by atoms with Gasteiger partial charge in [0.15, 0.2) is 5.69 Å². The molecule has 0 aromatic carbocycles. The first-order valence-corrected chi connectivity index (χ1v) is 6.97. The molecule has 118 valence electrons. The Balaban J connectivity index is 2.57. The molecule has 0 fully saturated rings. The monoisotopic (exact) mass is 325 g/mol. The lowest BCUT2D eigenvalue weighted by molar-refractivity contribution is -0.117. The van der Waals surface area contributed by atoms with Gasteiger partial charge in [0.25, 0.3) is 0 Å². The number of methoxy groups -OCH3 is 2. The van der Waals surface area contributed by atoms with Crippen molar-refractivity contribution >= 4 is 23.2 Å². The average molecular weight is 326 g/mol. The van der Waals surface area contributed by atoms with E-state index in [2.05, 4.69) is 15.1 Å². The summed E-state index contributed by atoms with van der Waals surface area (Å²) in [6.07, 6.45) is 4.19. The third-order valence-electron chi connectivity index (χ3n) is 3.05. The van der Waals surface area contributed by atoms with Crippen molar-refractivity contribution in [3.63, 3.8) is 0 Å². The summed E-state index contributed by atoms with van der Waals surface area (Å²) in [4.78, 5) is 21.8. The van der Waals surface area contributed by atoms with Crippen molar-refractivity contribution in [2.45, 2.75) is 13.1 Å². The van der Waals surface area contributed by atoms with Crippen molar-refractivity contribution < 1.29 is 14.3 Å². The molecule has 0 N–H and O–H groups in total. The largest absolute Gasteiger partial charge is 0.479 e. The molecule has 1 amide bonds. The first-order chi connectivity index (χ1) is 10.6. The van der Waals surface area contributed by atoms with Crippen LogP contribution in [0.3, 0.4) is 0 Å². The third-order valence-corrected chi connectivity index (χ3v) is 3.28. The summed E-state index contributed by atoms with van der Waals surface area (Å²) in [5.41, 5.74) is 0.307. The summed E-state index contributed by atoms with van der Waals surface area (Å²) in [6, 6.07) is 1.76. The minimum Gasteiger partial charge on any atom is -0.479 e. The number of hydrogen-bond donors (Lipinski definition) is 0. The van der Waals surface area contributed by atoms with Crippen molar-refractivity contribution in [3.05, 3.63) is 24.8 Å². The highest BCUT2D eigenvalue weighted by Crippen LogP contribution is 2.37. The van der Waals surface area contributed by atoms with E-state index in [-0.39, 0.29) is 23.5 Å². The van der Waals surface area contributed by atoms with Gasteiger partial charge >= 0.3 is 0 Å². The van der Waals surface area contributed by atoms with Gasteiger partial charge in [-0.05, 0) is 13.0 Å². The van der Waals surface area contributed by atoms with E-state index in [1.165, 1.54) is 25.4 Å². The second kappa shape index (κ2) is 7.08. The Labute approximate surface area is 132 Å². The van der Waals surface area contributed by atoms with E-state index in [0.717, 1.165) is 0 Å². The van der Waals surface area contributed by atoms with Gasteiger partial charge in [-0.15, -0.1) is 11.6 Å². The van der Waals surface area contributed by atoms with Crippen molar-refractivity contribution in [3.8, 4) is 11.8 Å². The van der Waals surface area contributed by atoms with Crippen LogP contribution in [-0.2, 0) is 4.79 Å². The number of nitrogens with zero attached hydrogens (tertiary/aromatic N) is 5. The van der Waals surface area contributed by atoms with E-state index in [4.69, 9.17) is 21.1 Å². The van der Waals surface area contributed by atoms with E-state index in [1.54, 1.807) is 30.1 Å². The van der Waals surface area contributed by atoms with E-state index < -0.39 is 6.17 Å². The highest BCUT2D eigenvalue weighted by molar-refractivity contribution is 6.29. The summed E-state index contributed by atoms with van der Waals surface area (Å²) in [7, 11) is 2.90. The molecule has 2 aromatic rings. The van der Waals surface area contributed by atoms with Crippen LogP contribution in [0, 0.1) is 0 Å². The fourth-order valence-electron chi connectivity index (χ4n) is 2.06. The number of halogens is 1. The number of amides is 1. The molecule has 0 aliphatic carbocycles. The molecule has 1 atom stereocenters. The summed E-state index contributed by atoms with van der Waals surface area (Å²) in [6.45, 7) is 1.79. The van der Waals surface area contributed by atoms with Crippen LogP contribution < -0.4 is 14.4 Å². The number of anilines is 1. The van der Waals surface area contributed by atoms with E-state index >= 15 is 0 Å². The maximum atomic E-state index is 12.4. The lowest BCUT2D eigenvalue weighted by Gasteiger charge is -2.30. The number of rotatable bonds is 6. The average Bonchev–Trinajstić information content (AvgIpc) is 3.09. The zero-order valence-electron chi connectivity index (χ0n) is 12.4. The van der Waals surface area contributed by atoms with Crippen molar-refractivity contribution in [2.24, 2.45) is 0 Å². The quantitative estimate of drug-likeness (QED) is 0.748. The van der Waals surface area contributed by atoms with Crippen LogP contribution >= 0.6 is 11.6 Å². The van der Waals surface area contributed by atoms with Gasteiger partial charge in [-0.1, -0.05) is 0 Å². The SMILES string of the molecule is COc1ncnc(OC)c1N(C(=O)CCl)C(C)n1cccn1. The second-order valence-corrected chi connectivity index (χ2v) is 4.52. The molecule has 0 aliphatic heterocycles. The molecule has 0 aliphatic rings. The number of hydrogen-bond acceptors (Lipinski definition) is 6. The molecule has 2 rings (SSSR count). The van der Waals surface area contributed by atoms with E-state index in [1.807, 2.05) is 0 Å². The Morgan fingerprint density at radius 2 is 2.00 bits per heavy atom. The fourth-order valence-corrected chi connectivity index (χ4v) is 2.19. The predicted molar refractivity (Wildman–Crippen MR) is 80.3 cm³/mol. The molecule has 0 spiro atoms. The Kier molecular flexibility index (Phi) is 5.16. The maximum Gasteiger partial charge on any atom is 0.245 e. The molecule has 0 radical (unpaired) electrons. The van der Waals surface area contributed by atoms with Gasteiger partial charge in [0, 0.05) is 12.4 Å². The first-order valence-electron chi connectivity index (χ1n) is 6.44. The van der Waals surface area contributed by atoms with Gasteiger partial charge in [-0.25, -0.2) is 4.68 Å². The predicted octanol–water partition coefficient (Wildman–Crippen LogP) is 1.48. The number of aromatic nitrogens is 4. The molecular formula is C13H16ClN5O3. The van der Waals surface area contributed by atoms with Crippen LogP contribution in [0.25, 0.3) is 0 Å². The lowest BCUT2D eigenvalue weighted by Crippen LogP contribution is -2.38. The van der Waals surface area contributed by atoms with Crippen LogP contribution in [-0.4, -0.2) is 45.8 Å². The van der Waals surface area contributed by atoms with Gasteiger partial charge in [0.05, 0.1) is 14.2 Å². The first kappa shape index (κ1) is 16.0. The third kappa shape index (κ3) is 2.96. The molecule has 1 unspecified atom stereocenters. The van der Waals surface area contributed by atoms with Crippen LogP contribution in [0.5, 0.6) is 11.8 Å². The molecule has 22 heavy (non-hydrogen) atoms. The van der Waals surface area contributed by atoms with Gasteiger partial charge in [-0.2, -0.15) is 15.1 Å². The Morgan fingerprint density at radius 3 is 2.45 bits per heavy atom. The number of carbonyl (C=O) groups excluding carboxylic acids is 1. The van der Waals surface area contributed by atoms with Gasteiger partial charge in [0.1, 0.15) is 18.4 Å². The molecule has 0 saturated carbocycles. The van der Waals surface area contributed by atoms with Crippen LogP contribution in [0.15, 0.2) is 24.8 Å². The number of carbonyl (C=O) groups is 1. The Bertz CT molecular complexity index is 612. The van der Waals surface area contributed by atoms with Gasteiger partial charge in [-0.3, -0.25) is 9.69 Å². The summed E-state index contributed by atoms with van der Waals surface area (Å²) < 4.78 is 12.1. The Morgan fingerprint density at radius 1 is 1.36 bits per heavy atom. The highest BCUT2D eigenvalue weighted by Gasteiger charge is 2.30. The molecule has 0 bridgehead atoms. The second-order valence-electron chi connectivity index (χ2n) is 4.26. The summed E-state index contributed by atoms with van der Waals surface area (Å²) >= 11 is 5.75. The van der Waals surface area contributed by atoms with Gasteiger partial charge in [0.2, 0.25) is 17.7 Å². The number of ether oxygens (including phenoxy) is 2. The molecule has 2 heterocycles. The van der Waals surface area contributed by atoms with Crippen LogP contribution in [0.1, 0.15) is 13.1 Å². The minimum absolute atomic E-state index is 0.212. The molecule has 8 nitrogen and oxygen atoms in total. The van der Waals surface area contributed by atoms with Crippen LogP contribution in [0.4, 0.5) is 5.69 Å². The smallest absolute Gasteiger partial charge is 0.245 e. The van der Waals surface area contributed by atoms with E-state index in [0.29, 0.717) is 5.69 Å². The number of alkyl halides is 1. The van der Waals surface area contributed by atoms with Gasteiger partial charge < -0.3 is 9.47 Å². The minimum atomic E-state index is -0.463. The lowest BCUT2D eigenvalue weighted by atomic mass is 10.3. The summed E-state index contributed by atoms with van der Waals surface area (Å²) in [5.74, 6) is -0.142. The molecule has 9 heteroatoms. The van der Waals surface area contributed by atoms with Crippen molar-refractivity contribution in [1.29, 1.82) is 0 Å². The zero-order valence-corrected chi connectivity index (χ0v) is 13.2. The molecule has 2 aromatic heterocycles. The van der Waals surface area contributed by atoms with Crippen molar-refractivity contribution in [2.75, 3.05) is 25.0 Å². The topological polar surface area (TPSA) is 82.4 Å². The zero-order chi connectivity index (χ0) is 16.1. The highest BCUT2D eigenvalue weighted by atomic mass is 35.5. The van der Waals surface area contributed by atoms with Crippen LogP contribution in [0.2, 0.25) is 0 Å². The molecule has 0 saturated heterocycles. The normalized spacial score (nSPS) is 11.8. The fraction of sp³-hybridized carbons (Fsp3) is 0.385. The van der Waals surface area contributed by atoms with E-state index in [9.17, 15) is 4.79 Å². The maximum absolute atomic E-state index is 12.4. The standard InChI is InChI=1S/C13H16ClN5O3/c1-9(18-6-4-5-17-18)19(10(20)7-14)11-12(21-2)15-8-16-13(11)22-3/h4-6,8-9H,7H2,1-3H3. The van der Waals surface area contributed by atoms with Crippen molar-refractivity contribution in [1.82, 2.24) is 19.7 Å². The Hall–Kier alpha value is -2.35. The molecular weight excluding hydrogens is 310 g/mol.